The van der Waals surface area contributed by atoms with Crippen molar-refractivity contribution in [3.05, 3.63) is 93.9 Å². The van der Waals surface area contributed by atoms with Crippen molar-refractivity contribution in [3.8, 4) is 5.75 Å². The molecule has 2 aromatic carbocycles. The number of anilines is 1. The molecule has 4 aliphatic rings. The van der Waals surface area contributed by atoms with Crippen LogP contribution in [0.1, 0.15) is 94.0 Å². The van der Waals surface area contributed by atoms with Crippen LogP contribution in [0.3, 0.4) is 0 Å². The zero-order valence-corrected chi connectivity index (χ0v) is 32.8. The average molecular weight is 748 g/mol. The molecule has 2 unspecified atom stereocenters. The van der Waals surface area contributed by atoms with Crippen molar-refractivity contribution in [2.75, 3.05) is 32.2 Å². The van der Waals surface area contributed by atoms with Gasteiger partial charge in [0.2, 0.25) is 0 Å². The summed E-state index contributed by atoms with van der Waals surface area (Å²) >= 11 is 0. The van der Waals surface area contributed by atoms with E-state index in [1.54, 1.807) is 6.08 Å². The van der Waals surface area contributed by atoms with Gasteiger partial charge in [0.15, 0.2) is 0 Å². The molecule has 2 aromatic rings. The molecule has 2 fully saturated rings. The fourth-order valence-electron chi connectivity index (χ4n) is 8.49. The zero-order chi connectivity index (χ0) is 39.2. The van der Waals surface area contributed by atoms with Gasteiger partial charge < -0.3 is 19.9 Å². The summed E-state index contributed by atoms with van der Waals surface area (Å²) < 4.78 is 55.9. The lowest BCUT2D eigenvalue weighted by Crippen LogP contribution is -2.57. The number of likely N-dealkylation sites (N-methyl/N-ethyl adjacent to an activating group) is 1. The van der Waals surface area contributed by atoms with Crippen LogP contribution < -0.4 is 10.1 Å². The number of benzene rings is 2. The molecule has 6 rings (SSSR count). The molecule has 0 radical (unpaired) electrons. The number of hydrogen-bond acceptors (Lipinski definition) is 6. The SMILES string of the molecule is C=C1C(C(=O)Nc2ccc(C(C)(F)F)cc2C2=NC=C[C@@H](C(C)(C)F)C2)=C(O)C2(CCCC2)N(C)C1Cc1ccc(OCCC(C)C2COC2)c(C)c1C. The quantitative estimate of drug-likeness (QED) is 0.226. The van der Waals surface area contributed by atoms with E-state index in [2.05, 4.69) is 48.6 Å². The number of nitrogens with one attached hydrogen (secondary N) is 1. The number of ether oxygens (including phenoxy) is 2. The van der Waals surface area contributed by atoms with Crippen LogP contribution >= 0.6 is 0 Å². The van der Waals surface area contributed by atoms with Gasteiger partial charge in [-0.25, -0.2) is 13.2 Å². The molecule has 292 valence electrons. The number of halogens is 3. The molecule has 3 atom stereocenters. The summed E-state index contributed by atoms with van der Waals surface area (Å²) in [5, 5.41) is 15.0. The van der Waals surface area contributed by atoms with Gasteiger partial charge in [-0.2, -0.15) is 0 Å². The van der Waals surface area contributed by atoms with Gasteiger partial charge in [-0.3, -0.25) is 14.7 Å². The molecular weight excluding hydrogens is 691 g/mol. The number of allylic oxidation sites excluding steroid dienone is 1. The van der Waals surface area contributed by atoms with Gasteiger partial charge in [0.1, 0.15) is 17.2 Å². The molecule has 1 saturated heterocycles. The number of nitrogens with zero attached hydrogens (tertiary/aromatic N) is 2. The molecule has 10 heteroatoms. The predicted molar refractivity (Wildman–Crippen MR) is 208 cm³/mol. The Morgan fingerprint density at radius 1 is 1.13 bits per heavy atom. The number of hydrogen-bond donors (Lipinski definition) is 2. The molecule has 54 heavy (non-hydrogen) atoms. The molecule has 2 N–H and O–H groups in total. The molecule has 1 saturated carbocycles. The Hall–Kier alpha value is -3.89. The predicted octanol–water partition coefficient (Wildman–Crippen LogP) is 9.71. The lowest BCUT2D eigenvalue weighted by molar-refractivity contribution is -0.113. The van der Waals surface area contributed by atoms with Gasteiger partial charge >= 0.3 is 0 Å². The monoisotopic (exact) mass is 747 g/mol. The lowest BCUT2D eigenvalue weighted by atomic mass is 9.77. The highest BCUT2D eigenvalue weighted by atomic mass is 19.3. The van der Waals surface area contributed by atoms with E-state index in [-0.39, 0.29) is 40.6 Å². The molecule has 0 bridgehead atoms. The van der Waals surface area contributed by atoms with E-state index < -0.39 is 29.0 Å². The molecule has 1 aliphatic carbocycles. The van der Waals surface area contributed by atoms with Crippen LogP contribution in [0.25, 0.3) is 0 Å². The number of alkyl halides is 3. The van der Waals surface area contributed by atoms with Crippen LogP contribution in [0, 0.1) is 31.6 Å². The maximum Gasteiger partial charge on any atom is 0.270 e. The average Bonchev–Trinajstić information content (AvgIpc) is 3.59. The summed E-state index contributed by atoms with van der Waals surface area (Å²) in [5.41, 5.74) is 2.21. The molecular formula is C44H56F3N3O4. The minimum absolute atomic E-state index is 0.0176. The van der Waals surface area contributed by atoms with Crippen molar-refractivity contribution in [1.82, 2.24) is 4.90 Å². The highest BCUT2D eigenvalue weighted by molar-refractivity contribution is 6.13. The molecule has 1 spiro atoms. The first-order valence-corrected chi connectivity index (χ1v) is 19.3. The largest absolute Gasteiger partial charge is 0.509 e. The van der Waals surface area contributed by atoms with E-state index in [9.17, 15) is 18.7 Å². The first-order chi connectivity index (χ1) is 25.4. The smallest absolute Gasteiger partial charge is 0.270 e. The second-order valence-electron chi connectivity index (χ2n) is 16.6. The number of aliphatic imine (C=N–C) groups is 1. The van der Waals surface area contributed by atoms with Crippen molar-refractivity contribution < 1.29 is 32.5 Å². The summed E-state index contributed by atoms with van der Waals surface area (Å²) in [5.74, 6) is -2.29. The number of aliphatic hydroxyl groups excluding tert-OH is 1. The standard InChI is InChI=1S/C44H56F3N3O4/c1-26(31-24-53-25-31)16-20-54-38-14-11-30(27(2)28(38)3)21-37-29(4)39(40(51)44(50(37)8)17-9-10-18-44)41(52)49-35-13-12-33(43(7,46)47)22-34(35)36-23-32(15-19-48-36)42(5,6)45/h11-15,19,22,26,31-32,37,51H,4,9-10,16-18,20-21,23-25H2,1-3,5-8H3,(H,49,52)/t26?,32-,37?/m1/s1. The van der Waals surface area contributed by atoms with E-state index in [4.69, 9.17) is 9.47 Å². The second kappa shape index (κ2) is 15.3. The molecule has 3 heterocycles. The summed E-state index contributed by atoms with van der Waals surface area (Å²) in [4.78, 5) is 21.1. The van der Waals surface area contributed by atoms with Crippen LogP contribution in [0.2, 0.25) is 0 Å². The lowest BCUT2D eigenvalue weighted by Gasteiger charge is -2.48. The Labute approximate surface area is 318 Å². The Morgan fingerprint density at radius 3 is 2.46 bits per heavy atom. The number of carbonyl (C=O) groups excluding carboxylic acids is 1. The first kappa shape index (κ1) is 39.8. The van der Waals surface area contributed by atoms with Gasteiger partial charge in [-0.15, -0.1) is 0 Å². The van der Waals surface area contributed by atoms with E-state index in [0.717, 1.165) is 61.8 Å². The number of rotatable bonds is 12. The van der Waals surface area contributed by atoms with Crippen LogP contribution in [-0.2, 0) is 21.9 Å². The maximum atomic E-state index is 15.1. The van der Waals surface area contributed by atoms with Gasteiger partial charge in [-0.1, -0.05) is 44.6 Å². The fourth-order valence-corrected chi connectivity index (χ4v) is 8.49. The summed E-state index contributed by atoms with van der Waals surface area (Å²) in [6.07, 6.45) is 8.00. The maximum absolute atomic E-state index is 15.1. The van der Waals surface area contributed by atoms with Gasteiger partial charge in [0.25, 0.3) is 11.8 Å². The van der Waals surface area contributed by atoms with Crippen molar-refractivity contribution in [2.24, 2.45) is 22.7 Å². The topological polar surface area (TPSA) is 83.4 Å². The summed E-state index contributed by atoms with van der Waals surface area (Å²) in [7, 11) is 2.00. The first-order valence-electron chi connectivity index (χ1n) is 19.3. The molecule has 1 amide bonds. The third-order valence-corrected chi connectivity index (χ3v) is 12.7. The minimum Gasteiger partial charge on any atom is -0.509 e. The van der Waals surface area contributed by atoms with Gasteiger partial charge in [-0.05, 0) is 113 Å². The number of aliphatic hydroxyl groups is 1. The molecule has 0 aromatic heterocycles. The highest BCUT2D eigenvalue weighted by Gasteiger charge is 2.51. The van der Waals surface area contributed by atoms with Crippen molar-refractivity contribution in [1.29, 1.82) is 0 Å². The van der Waals surface area contributed by atoms with E-state index in [1.807, 2.05) is 13.1 Å². The zero-order valence-electron chi connectivity index (χ0n) is 32.8. The molecule has 3 aliphatic heterocycles. The van der Waals surface area contributed by atoms with Gasteiger partial charge in [0, 0.05) is 42.1 Å². The van der Waals surface area contributed by atoms with Crippen LogP contribution in [-0.4, -0.2) is 65.7 Å². The summed E-state index contributed by atoms with van der Waals surface area (Å²) in [6.45, 7) is 16.9. The van der Waals surface area contributed by atoms with Crippen molar-refractivity contribution >= 4 is 17.3 Å². The Balaban J connectivity index is 1.28. The number of amides is 1. The Morgan fingerprint density at radius 2 is 1.83 bits per heavy atom. The highest BCUT2D eigenvalue weighted by Crippen LogP contribution is 2.48. The normalized spacial score (nSPS) is 22.7. The third-order valence-electron chi connectivity index (χ3n) is 12.7. The minimum atomic E-state index is -3.16. The van der Waals surface area contributed by atoms with Gasteiger partial charge in [0.05, 0.1) is 42.3 Å². The summed E-state index contributed by atoms with van der Waals surface area (Å²) in [6, 6.07) is 7.83. The Bertz CT molecular complexity index is 1860. The number of carbonyl (C=O) groups is 1. The molecule has 7 nitrogen and oxygen atoms in total. The third kappa shape index (κ3) is 7.79. The van der Waals surface area contributed by atoms with Crippen LogP contribution in [0.15, 0.2) is 71.1 Å². The Kier molecular flexibility index (Phi) is 11.3. The van der Waals surface area contributed by atoms with Crippen LogP contribution in [0.4, 0.5) is 18.9 Å². The van der Waals surface area contributed by atoms with Crippen LogP contribution in [0.5, 0.6) is 5.75 Å². The van der Waals surface area contributed by atoms with E-state index in [0.29, 0.717) is 49.0 Å². The van der Waals surface area contributed by atoms with Crippen molar-refractivity contribution in [2.45, 2.75) is 110 Å². The van der Waals surface area contributed by atoms with E-state index >= 15 is 4.39 Å². The second-order valence-corrected chi connectivity index (χ2v) is 16.6. The van der Waals surface area contributed by atoms with E-state index in [1.165, 1.54) is 38.2 Å². The van der Waals surface area contributed by atoms with Crippen molar-refractivity contribution in [3.63, 3.8) is 0 Å². The fraction of sp³-hybridized carbons (Fsp3) is 0.545.